The third-order valence-corrected chi connectivity index (χ3v) is 4.15. The van der Waals surface area contributed by atoms with Crippen LogP contribution in [0.2, 0.25) is 0 Å². The molecule has 1 aromatic carbocycles. The van der Waals surface area contributed by atoms with Gasteiger partial charge in [0, 0.05) is 5.92 Å². The SMILES string of the molecule is Cc1noc(C(C)C)c1C(=O)Nc1nc2ccc(F)cc2s1. The number of aromatic nitrogens is 2. The Labute approximate surface area is 130 Å². The summed E-state index contributed by atoms with van der Waals surface area (Å²) in [5.74, 6) is -0.0541. The molecule has 114 valence electrons. The van der Waals surface area contributed by atoms with Gasteiger partial charge in [0.2, 0.25) is 0 Å². The number of aryl methyl sites for hydroxylation is 1. The van der Waals surface area contributed by atoms with E-state index in [-0.39, 0.29) is 17.6 Å². The lowest BCUT2D eigenvalue weighted by Crippen LogP contribution is -2.14. The predicted octanol–water partition coefficient (Wildman–Crippen LogP) is 4.11. The van der Waals surface area contributed by atoms with E-state index in [1.165, 1.54) is 23.5 Å². The Balaban J connectivity index is 1.91. The van der Waals surface area contributed by atoms with Crippen LogP contribution in [0.4, 0.5) is 9.52 Å². The third-order valence-electron chi connectivity index (χ3n) is 3.21. The first-order valence-corrected chi connectivity index (χ1v) is 7.61. The van der Waals surface area contributed by atoms with Gasteiger partial charge in [-0.1, -0.05) is 30.3 Å². The molecular weight excluding hydrogens is 305 g/mol. The Hall–Kier alpha value is -2.28. The Morgan fingerprint density at radius 2 is 2.18 bits per heavy atom. The molecule has 0 spiro atoms. The van der Waals surface area contributed by atoms with Gasteiger partial charge in [0.1, 0.15) is 11.4 Å². The van der Waals surface area contributed by atoms with Crippen LogP contribution in [0, 0.1) is 12.7 Å². The first kappa shape index (κ1) is 14.6. The fourth-order valence-corrected chi connectivity index (χ4v) is 3.05. The Morgan fingerprint density at radius 1 is 1.41 bits per heavy atom. The first-order chi connectivity index (χ1) is 10.5. The standard InChI is InChI=1S/C15H14FN3O2S/c1-7(2)13-12(8(3)19-21-13)14(20)18-15-17-10-5-4-9(16)6-11(10)22-15/h4-7H,1-3H3,(H,17,18,20). The molecule has 3 rings (SSSR count). The molecule has 0 bridgehead atoms. The average Bonchev–Trinajstić information content (AvgIpc) is 3.01. The Kier molecular flexibility index (Phi) is 3.66. The van der Waals surface area contributed by atoms with Crippen LogP contribution in [0.3, 0.4) is 0 Å². The minimum atomic E-state index is -0.328. The van der Waals surface area contributed by atoms with Gasteiger partial charge in [0.25, 0.3) is 5.91 Å². The van der Waals surface area contributed by atoms with E-state index in [1.54, 1.807) is 13.0 Å². The molecule has 5 nitrogen and oxygen atoms in total. The van der Waals surface area contributed by atoms with Crippen LogP contribution in [-0.2, 0) is 0 Å². The number of hydrogen-bond acceptors (Lipinski definition) is 5. The number of nitrogens with one attached hydrogen (secondary N) is 1. The maximum atomic E-state index is 13.2. The second-order valence-corrected chi connectivity index (χ2v) is 6.28. The van der Waals surface area contributed by atoms with Gasteiger partial charge in [-0.3, -0.25) is 10.1 Å². The maximum Gasteiger partial charge on any atom is 0.262 e. The molecule has 1 N–H and O–H groups in total. The van der Waals surface area contributed by atoms with Crippen molar-refractivity contribution in [3.05, 3.63) is 41.0 Å². The molecule has 2 aromatic heterocycles. The molecule has 0 radical (unpaired) electrons. The van der Waals surface area contributed by atoms with Gasteiger partial charge in [0.15, 0.2) is 10.9 Å². The summed E-state index contributed by atoms with van der Waals surface area (Å²) >= 11 is 1.22. The number of nitrogens with zero attached hydrogens (tertiary/aromatic N) is 2. The van der Waals surface area contributed by atoms with E-state index in [0.29, 0.717) is 32.4 Å². The van der Waals surface area contributed by atoms with E-state index in [4.69, 9.17) is 4.52 Å². The molecule has 0 saturated heterocycles. The number of fused-ring (bicyclic) bond motifs is 1. The third kappa shape index (κ3) is 2.59. The number of amides is 1. The smallest absolute Gasteiger partial charge is 0.262 e. The van der Waals surface area contributed by atoms with Gasteiger partial charge >= 0.3 is 0 Å². The molecule has 0 unspecified atom stereocenters. The van der Waals surface area contributed by atoms with Crippen LogP contribution in [0.5, 0.6) is 0 Å². The molecule has 0 aliphatic carbocycles. The zero-order chi connectivity index (χ0) is 15.9. The molecule has 1 amide bonds. The van der Waals surface area contributed by atoms with Crippen molar-refractivity contribution < 1.29 is 13.7 Å². The largest absolute Gasteiger partial charge is 0.360 e. The summed E-state index contributed by atoms with van der Waals surface area (Å²) in [5, 5.41) is 7.01. The number of benzene rings is 1. The molecular formula is C15H14FN3O2S. The van der Waals surface area contributed by atoms with Crippen molar-refractivity contribution >= 4 is 32.6 Å². The second kappa shape index (κ2) is 5.49. The van der Waals surface area contributed by atoms with Gasteiger partial charge in [0.05, 0.1) is 15.9 Å². The fourth-order valence-electron chi connectivity index (χ4n) is 2.17. The summed E-state index contributed by atoms with van der Waals surface area (Å²) < 4.78 is 19.1. The van der Waals surface area contributed by atoms with Gasteiger partial charge in [-0.15, -0.1) is 0 Å². The van der Waals surface area contributed by atoms with Gasteiger partial charge in [-0.05, 0) is 25.1 Å². The quantitative estimate of drug-likeness (QED) is 0.789. The normalized spacial score (nSPS) is 11.3. The highest BCUT2D eigenvalue weighted by Crippen LogP contribution is 2.28. The minimum absolute atomic E-state index is 0.0476. The molecule has 0 atom stereocenters. The molecule has 2 heterocycles. The van der Waals surface area contributed by atoms with E-state index < -0.39 is 0 Å². The van der Waals surface area contributed by atoms with E-state index in [1.807, 2.05) is 13.8 Å². The average molecular weight is 319 g/mol. The summed E-state index contributed by atoms with van der Waals surface area (Å²) in [5.41, 5.74) is 1.61. The number of anilines is 1. The Bertz CT molecular complexity index is 854. The number of hydrogen-bond donors (Lipinski definition) is 1. The van der Waals surface area contributed by atoms with Crippen LogP contribution >= 0.6 is 11.3 Å². The molecule has 7 heteroatoms. The zero-order valence-corrected chi connectivity index (χ0v) is 13.1. The molecule has 3 aromatic rings. The van der Waals surface area contributed by atoms with Crippen molar-refractivity contribution in [3.8, 4) is 0 Å². The minimum Gasteiger partial charge on any atom is -0.360 e. The molecule has 0 aliphatic rings. The highest BCUT2D eigenvalue weighted by molar-refractivity contribution is 7.22. The van der Waals surface area contributed by atoms with E-state index in [2.05, 4.69) is 15.5 Å². The van der Waals surface area contributed by atoms with Gasteiger partial charge < -0.3 is 4.52 Å². The lowest BCUT2D eigenvalue weighted by molar-refractivity contribution is 0.102. The number of thiazole rings is 1. The van der Waals surface area contributed by atoms with Crippen LogP contribution < -0.4 is 5.32 Å². The van der Waals surface area contributed by atoms with Crippen molar-refractivity contribution in [2.24, 2.45) is 0 Å². The second-order valence-electron chi connectivity index (χ2n) is 5.25. The molecule has 0 fully saturated rings. The molecule has 0 aliphatic heterocycles. The fraction of sp³-hybridized carbons (Fsp3) is 0.267. The van der Waals surface area contributed by atoms with Crippen molar-refractivity contribution in [1.29, 1.82) is 0 Å². The summed E-state index contributed by atoms with van der Waals surface area (Å²) in [6.45, 7) is 5.58. The van der Waals surface area contributed by atoms with E-state index in [9.17, 15) is 9.18 Å². The molecule has 22 heavy (non-hydrogen) atoms. The molecule has 0 saturated carbocycles. The lowest BCUT2D eigenvalue weighted by Gasteiger charge is -2.04. The number of halogens is 1. The first-order valence-electron chi connectivity index (χ1n) is 6.79. The van der Waals surface area contributed by atoms with Crippen molar-refractivity contribution in [2.45, 2.75) is 26.7 Å². The van der Waals surface area contributed by atoms with Gasteiger partial charge in [-0.2, -0.15) is 0 Å². The van der Waals surface area contributed by atoms with Crippen LogP contribution in [0.1, 0.15) is 41.6 Å². The maximum absolute atomic E-state index is 13.2. The zero-order valence-electron chi connectivity index (χ0n) is 12.3. The number of carbonyl (C=O) groups is 1. The summed E-state index contributed by atoms with van der Waals surface area (Å²) in [4.78, 5) is 16.7. The summed E-state index contributed by atoms with van der Waals surface area (Å²) in [6, 6.07) is 4.32. The topological polar surface area (TPSA) is 68.0 Å². The van der Waals surface area contributed by atoms with Crippen LogP contribution in [0.25, 0.3) is 10.2 Å². The van der Waals surface area contributed by atoms with Crippen molar-refractivity contribution in [1.82, 2.24) is 10.1 Å². The summed E-state index contributed by atoms with van der Waals surface area (Å²) in [7, 11) is 0. The van der Waals surface area contributed by atoms with E-state index in [0.717, 1.165) is 0 Å². The summed E-state index contributed by atoms with van der Waals surface area (Å²) in [6.07, 6.45) is 0. The van der Waals surface area contributed by atoms with Crippen LogP contribution in [-0.4, -0.2) is 16.0 Å². The highest BCUT2D eigenvalue weighted by Gasteiger charge is 2.23. The van der Waals surface area contributed by atoms with Crippen molar-refractivity contribution in [2.75, 3.05) is 5.32 Å². The highest BCUT2D eigenvalue weighted by atomic mass is 32.1. The monoisotopic (exact) mass is 319 g/mol. The number of carbonyl (C=O) groups excluding carboxylic acids is 1. The predicted molar refractivity (Wildman–Crippen MR) is 82.9 cm³/mol. The Morgan fingerprint density at radius 3 is 2.91 bits per heavy atom. The van der Waals surface area contributed by atoms with E-state index >= 15 is 0 Å². The van der Waals surface area contributed by atoms with Crippen LogP contribution in [0.15, 0.2) is 22.7 Å². The lowest BCUT2D eigenvalue weighted by atomic mass is 10.0. The number of rotatable bonds is 3. The van der Waals surface area contributed by atoms with Gasteiger partial charge in [-0.25, -0.2) is 9.37 Å². The van der Waals surface area contributed by atoms with Crippen molar-refractivity contribution in [3.63, 3.8) is 0 Å².